The number of benzene rings is 2. The van der Waals surface area contributed by atoms with Crippen molar-refractivity contribution in [3.63, 3.8) is 0 Å². The van der Waals surface area contributed by atoms with E-state index in [-0.39, 0.29) is 17.6 Å². The van der Waals surface area contributed by atoms with Crippen LogP contribution in [0.5, 0.6) is 5.75 Å². The second-order valence-electron chi connectivity index (χ2n) is 5.02. The van der Waals surface area contributed by atoms with Crippen molar-refractivity contribution in [1.29, 1.82) is 0 Å². The van der Waals surface area contributed by atoms with Crippen molar-refractivity contribution in [3.05, 3.63) is 71.9 Å². The molecule has 2 aromatic carbocycles. The number of anilines is 1. The van der Waals surface area contributed by atoms with Gasteiger partial charge in [-0.1, -0.05) is 30.3 Å². The number of hydrogen-bond donors (Lipinski definition) is 2. The minimum Gasteiger partial charge on any atom is -0.460 e. The molecule has 1 heterocycles. The lowest BCUT2D eigenvalue weighted by Gasteiger charge is -2.21. The Labute approximate surface area is 127 Å². The minimum absolute atomic E-state index is 0.148. The fourth-order valence-corrected chi connectivity index (χ4v) is 2.21. The Hall–Kier alpha value is -2.82. The van der Waals surface area contributed by atoms with Crippen molar-refractivity contribution >= 4 is 11.6 Å². The second kappa shape index (κ2) is 5.89. The van der Waals surface area contributed by atoms with Gasteiger partial charge in [-0.25, -0.2) is 4.39 Å². The van der Waals surface area contributed by atoms with E-state index in [1.54, 1.807) is 0 Å². The topological polar surface area (TPSA) is 50.4 Å². The molecule has 0 saturated heterocycles. The van der Waals surface area contributed by atoms with Gasteiger partial charge >= 0.3 is 0 Å². The Morgan fingerprint density at radius 1 is 1.23 bits per heavy atom. The summed E-state index contributed by atoms with van der Waals surface area (Å²) in [7, 11) is 0. The van der Waals surface area contributed by atoms with Crippen LogP contribution in [0.3, 0.4) is 0 Å². The summed E-state index contributed by atoms with van der Waals surface area (Å²) < 4.78 is 18.6. The van der Waals surface area contributed by atoms with E-state index >= 15 is 0 Å². The van der Waals surface area contributed by atoms with Crippen LogP contribution in [0.2, 0.25) is 0 Å². The van der Waals surface area contributed by atoms with E-state index in [1.165, 1.54) is 24.5 Å². The predicted molar refractivity (Wildman–Crippen MR) is 81.7 cm³/mol. The van der Waals surface area contributed by atoms with Crippen molar-refractivity contribution in [2.24, 2.45) is 0 Å². The first-order valence-electron chi connectivity index (χ1n) is 6.93. The molecule has 0 saturated carbocycles. The van der Waals surface area contributed by atoms with Crippen molar-refractivity contribution < 1.29 is 13.9 Å². The molecule has 112 valence electrons. The Kier molecular flexibility index (Phi) is 3.78. The fraction of sp³-hybridized carbons (Fsp3) is 0.118. The maximum atomic E-state index is 13.2. The molecule has 0 bridgehead atoms. The maximum Gasteiger partial charge on any atom is 0.271 e. The summed E-state index contributed by atoms with van der Waals surface area (Å²) in [5.41, 5.74) is 1.67. The van der Waals surface area contributed by atoms with Gasteiger partial charge in [-0.15, -0.1) is 0 Å². The molecule has 22 heavy (non-hydrogen) atoms. The molecule has 3 rings (SSSR count). The molecule has 1 amide bonds. The van der Waals surface area contributed by atoms with Crippen LogP contribution in [-0.4, -0.2) is 5.91 Å². The molecule has 1 aliphatic heterocycles. The maximum absolute atomic E-state index is 13.2. The summed E-state index contributed by atoms with van der Waals surface area (Å²) in [4.78, 5) is 12.3. The third-order valence-corrected chi connectivity index (χ3v) is 3.41. The standard InChI is InChI=1S/C17H15FN2O2/c1-11(12-5-3-2-4-6-12)19-17(21)15-10-22-16-8-7-13(18)9-14(16)20-15/h2-11,20H,1H3,(H,19,21)/t11-/m0/s1. The summed E-state index contributed by atoms with van der Waals surface area (Å²) in [6, 6.07) is 13.6. The number of amides is 1. The van der Waals surface area contributed by atoms with E-state index < -0.39 is 5.82 Å². The van der Waals surface area contributed by atoms with Crippen molar-refractivity contribution in [3.8, 4) is 5.75 Å². The van der Waals surface area contributed by atoms with E-state index in [0.29, 0.717) is 11.4 Å². The molecule has 0 aromatic heterocycles. The molecule has 1 atom stereocenters. The second-order valence-corrected chi connectivity index (χ2v) is 5.02. The quantitative estimate of drug-likeness (QED) is 0.913. The van der Waals surface area contributed by atoms with Crippen LogP contribution in [-0.2, 0) is 4.79 Å². The summed E-state index contributed by atoms with van der Waals surface area (Å²) in [6.45, 7) is 1.89. The molecule has 2 aromatic rings. The third-order valence-electron chi connectivity index (χ3n) is 3.41. The lowest BCUT2D eigenvalue weighted by molar-refractivity contribution is -0.118. The number of carbonyl (C=O) groups excluding carboxylic acids is 1. The van der Waals surface area contributed by atoms with Gasteiger partial charge in [0.15, 0.2) is 0 Å². The predicted octanol–water partition coefficient (Wildman–Crippen LogP) is 3.35. The number of carbonyl (C=O) groups is 1. The molecule has 5 heteroatoms. The first-order valence-corrected chi connectivity index (χ1v) is 6.93. The van der Waals surface area contributed by atoms with E-state index in [9.17, 15) is 9.18 Å². The van der Waals surface area contributed by atoms with Crippen LogP contribution < -0.4 is 15.4 Å². The van der Waals surface area contributed by atoms with E-state index in [2.05, 4.69) is 10.6 Å². The summed E-state index contributed by atoms with van der Waals surface area (Å²) in [5.74, 6) is -0.227. The first kappa shape index (κ1) is 14.1. The lowest BCUT2D eigenvalue weighted by atomic mass is 10.1. The molecule has 1 aliphatic rings. The zero-order valence-electron chi connectivity index (χ0n) is 12.0. The number of nitrogens with one attached hydrogen (secondary N) is 2. The first-order chi connectivity index (χ1) is 10.6. The fourth-order valence-electron chi connectivity index (χ4n) is 2.21. The van der Waals surface area contributed by atoms with Crippen molar-refractivity contribution in [2.75, 3.05) is 5.32 Å². The van der Waals surface area contributed by atoms with Crippen LogP contribution in [0.1, 0.15) is 18.5 Å². The number of hydrogen-bond acceptors (Lipinski definition) is 3. The van der Waals surface area contributed by atoms with Gasteiger partial charge < -0.3 is 15.4 Å². The normalized spacial score (nSPS) is 14.0. The highest BCUT2D eigenvalue weighted by Crippen LogP contribution is 2.30. The van der Waals surface area contributed by atoms with Gasteiger partial charge in [0, 0.05) is 6.07 Å². The van der Waals surface area contributed by atoms with E-state index in [4.69, 9.17) is 4.74 Å². The average molecular weight is 298 g/mol. The molecule has 0 unspecified atom stereocenters. The highest BCUT2D eigenvalue weighted by molar-refractivity contribution is 5.97. The highest BCUT2D eigenvalue weighted by atomic mass is 19.1. The zero-order chi connectivity index (χ0) is 15.5. The number of fused-ring (bicyclic) bond motifs is 1. The monoisotopic (exact) mass is 298 g/mol. The molecular formula is C17H15FN2O2. The molecule has 0 aliphatic carbocycles. The van der Waals surface area contributed by atoms with Gasteiger partial charge in [-0.2, -0.15) is 0 Å². The molecule has 0 fully saturated rings. The third kappa shape index (κ3) is 2.93. The molecule has 0 spiro atoms. The molecular weight excluding hydrogens is 283 g/mol. The Morgan fingerprint density at radius 2 is 2.00 bits per heavy atom. The SMILES string of the molecule is C[C@H](NC(=O)C1=COc2ccc(F)cc2N1)c1ccccc1. The summed E-state index contributed by atoms with van der Waals surface area (Å²) >= 11 is 0. The molecule has 4 nitrogen and oxygen atoms in total. The lowest BCUT2D eigenvalue weighted by Crippen LogP contribution is -2.31. The molecule has 2 N–H and O–H groups in total. The van der Waals surface area contributed by atoms with Gasteiger partial charge in [0.1, 0.15) is 23.5 Å². The van der Waals surface area contributed by atoms with Crippen LogP contribution >= 0.6 is 0 Å². The van der Waals surface area contributed by atoms with E-state index in [1.807, 2.05) is 37.3 Å². The van der Waals surface area contributed by atoms with Gasteiger partial charge in [0.25, 0.3) is 5.91 Å². The number of ether oxygens (including phenoxy) is 1. The minimum atomic E-state index is -0.394. The highest BCUT2D eigenvalue weighted by Gasteiger charge is 2.19. The Bertz CT molecular complexity index is 729. The average Bonchev–Trinajstić information content (AvgIpc) is 2.54. The van der Waals surface area contributed by atoms with Gasteiger partial charge in [-0.05, 0) is 24.6 Å². The largest absolute Gasteiger partial charge is 0.460 e. The number of halogens is 1. The van der Waals surface area contributed by atoms with E-state index in [0.717, 1.165) is 5.56 Å². The van der Waals surface area contributed by atoms with Gasteiger partial charge in [0.05, 0.1) is 11.7 Å². The number of rotatable bonds is 3. The van der Waals surface area contributed by atoms with Crippen molar-refractivity contribution in [2.45, 2.75) is 13.0 Å². The molecule has 0 radical (unpaired) electrons. The van der Waals surface area contributed by atoms with Gasteiger partial charge in [-0.3, -0.25) is 4.79 Å². The summed E-state index contributed by atoms with van der Waals surface area (Å²) in [6.07, 6.45) is 1.33. The Morgan fingerprint density at radius 3 is 2.77 bits per heavy atom. The van der Waals surface area contributed by atoms with Crippen molar-refractivity contribution in [1.82, 2.24) is 5.32 Å². The van der Waals surface area contributed by atoms with Crippen LogP contribution in [0.4, 0.5) is 10.1 Å². The van der Waals surface area contributed by atoms with Crippen LogP contribution in [0, 0.1) is 5.82 Å². The Balaban J connectivity index is 1.70. The smallest absolute Gasteiger partial charge is 0.271 e. The summed E-state index contributed by atoms with van der Waals surface area (Å²) in [5, 5.41) is 5.75. The van der Waals surface area contributed by atoms with Crippen LogP contribution in [0.25, 0.3) is 0 Å². The zero-order valence-corrected chi connectivity index (χ0v) is 12.0. The van der Waals surface area contributed by atoms with Gasteiger partial charge in [0.2, 0.25) is 0 Å². The van der Waals surface area contributed by atoms with Crippen LogP contribution in [0.15, 0.2) is 60.5 Å².